The second-order valence-corrected chi connectivity index (χ2v) is 6.50. The van der Waals surface area contributed by atoms with Crippen LogP contribution in [0.1, 0.15) is 34.6 Å². The predicted molar refractivity (Wildman–Crippen MR) is 97.3 cm³/mol. The molecule has 0 saturated carbocycles. The monoisotopic (exact) mass is 373 g/mol. The highest BCUT2D eigenvalue weighted by Gasteiger charge is 2.35. The fourth-order valence-electron chi connectivity index (χ4n) is 3.08. The summed E-state index contributed by atoms with van der Waals surface area (Å²) in [4.78, 5) is 34.7. The average Bonchev–Trinajstić information content (AvgIpc) is 3.16. The highest BCUT2D eigenvalue weighted by Crippen LogP contribution is 2.20. The van der Waals surface area contributed by atoms with Gasteiger partial charge in [0, 0.05) is 37.1 Å². The van der Waals surface area contributed by atoms with Gasteiger partial charge in [0.25, 0.3) is 5.91 Å². The van der Waals surface area contributed by atoms with Gasteiger partial charge in [-0.05, 0) is 42.2 Å². The fourth-order valence-corrected chi connectivity index (χ4v) is 3.27. The van der Waals surface area contributed by atoms with Gasteiger partial charge in [-0.3, -0.25) is 9.59 Å². The van der Waals surface area contributed by atoms with E-state index >= 15 is 0 Å². The summed E-state index contributed by atoms with van der Waals surface area (Å²) in [6, 6.07) is 6.53. The van der Waals surface area contributed by atoms with Crippen LogP contribution < -0.4 is 11.1 Å². The molecule has 1 aliphatic heterocycles. The second-order valence-electron chi connectivity index (χ2n) is 6.06. The van der Waals surface area contributed by atoms with Crippen molar-refractivity contribution in [3.05, 3.63) is 58.6 Å². The molecule has 1 aromatic carbocycles. The van der Waals surface area contributed by atoms with Crippen LogP contribution in [0, 0.1) is 0 Å². The Labute approximate surface area is 156 Å². The molecule has 3 rings (SSSR count). The Morgan fingerprint density at radius 2 is 2.04 bits per heavy atom. The summed E-state index contributed by atoms with van der Waals surface area (Å²) in [6.07, 6.45) is 4.41. The van der Waals surface area contributed by atoms with E-state index in [1.54, 1.807) is 18.2 Å². The van der Waals surface area contributed by atoms with E-state index in [1.165, 1.54) is 17.3 Å². The number of nitrogens with two attached hydrogens (primary N) is 1. The molecule has 0 radical (unpaired) electrons. The number of nitrogens with one attached hydrogen (secondary N) is 1. The van der Waals surface area contributed by atoms with Gasteiger partial charge in [-0.2, -0.15) is 0 Å². The number of likely N-dealkylation sites (tertiary alicyclic amines) is 1. The van der Waals surface area contributed by atoms with Crippen LogP contribution in [0.5, 0.6) is 0 Å². The normalized spacial score (nSPS) is 16.5. The van der Waals surface area contributed by atoms with Crippen molar-refractivity contribution in [2.24, 2.45) is 5.73 Å². The first-order chi connectivity index (χ1) is 12.6. The van der Waals surface area contributed by atoms with Gasteiger partial charge in [0.2, 0.25) is 11.7 Å². The van der Waals surface area contributed by atoms with Gasteiger partial charge in [0.05, 0.1) is 0 Å². The zero-order valence-corrected chi connectivity index (χ0v) is 14.9. The second kappa shape index (κ2) is 8.25. The molecular formula is C18H20ClN5O2. The van der Waals surface area contributed by atoms with Crippen molar-refractivity contribution >= 4 is 23.4 Å². The number of carbonyl (C=O) groups is 2. The zero-order chi connectivity index (χ0) is 18.5. The first kappa shape index (κ1) is 18.3. The highest BCUT2D eigenvalue weighted by molar-refractivity contribution is 6.30. The molecule has 2 amide bonds. The minimum absolute atomic E-state index is 0.104. The molecule has 0 bridgehead atoms. The number of amides is 2. The van der Waals surface area contributed by atoms with Crippen molar-refractivity contribution in [3.8, 4) is 0 Å². The maximum absolute atomic E-state index is 12.6. The Hall–Kier alpha value is -2.51. The van der Waals surface area contributed by atoms with Crippen molar-refractivity contribution in [1.82, 2.24) is 20.2 Å². The summed E-state index contributed by atoms with van der Waals surface area (Å²) in [5, 5.41) is 3.48. The van der Waals surface area contributed by atoms with Crippen LogP contribution in [0.25, 0.3) is 0 Å². The third-order valence-corrected chi connectivity index (χ3v) is 4.65. The molecule has 7 nitrogen and oxygen atoms in total. The van der Waals surface area contributed by atoms with Crippen LogP contribution in [0.4, 0.5) is 0 Å². The van der Waals surface area contributed by atoms with E-state index in [2.05, 4.69) is 15.3 Å². The first-order valence-corrected chi connectivity index (χ1v) is 8.81. The van der Waals surface area contributed by atoms with Gasteiger partial charge < -0.3 is 16.0 Å². The molecule has 136 valence electrons. The highest BCUT2D eigenvalue weighted by atomic mass is 35.5. The van der Waals surface area contributed by atoms with Crippen molar-refractivity contribution in [3.63, 3.8) is 0 Å². The van der Waals surface area contributed by atoms with E-state index < -0.39 is 6.04 Å². The van der Waals surface area contributed by atoms with Gasteiger partial charge >= 0.3 is 0 Å². The molecular weight excluding hydrogens is 354 g/mol. The largest absolute Gasteiger partial charge is 0.350 e. The number of benzene rings is 1. The lowest BCUT2D eigenvalue weighted by Gasteiger charge is -2.23. The van der Waals surface area contributed by atoms with Gasteiger partial charge in [-0.1, -0.05) is 17.7 Å². The maximum Gasteiger partial charge on any atom is 0.292 e. The van der Waals surface area contributed by atoms with E-state index in [9.17, 15) is 9.59 Å². The number of hydrogen-bond acceptors (Lipinski definition) is 5. The van der Waals surface area contributed by atoms with E-state index in [1.807, 2.05) is 6.07 Å². The average molecular weight is 374 g/mol. The van der Waals surface area contributed by atoms with Crippen molar-refractivity contribution < 1.29 is 9.59 Å². The van der Waals surface area contributed by atoms with Crippen LogP contribution in [-0.4, -0.2) is 39.3 Å². The Kier molecular flexibility index (Phi) is 5.80. The summed E-state index contributed by atoms with van der Waals surface area (Å²) < 4.78 is 0. The molecule has 1 aliphatic rings. The van der Waals surface area contributed by atoms with Crippen molar-refractivity contribution in [2.75, 3.05) is 6.54 Å². The maximum atomic E-state index is 12.6. The Morgan fingerprint density at radius 3 is 2.77 bits per heavy atom. The van der Waals surface area contributed by atoms with E-state index in [-0.39, 0.29) is 17.6 Å². The third-order valence-electron chi connectivity index (χ3n) is 4.41. The standard InChI is InChI=1S/C18H20ClN5O2/c19-14-5-4-12(10-20)13(9-14)11-23-17(25)15-3-1-8-24(15)18(26)16-21-6-2-7-22-16/h2,4-7,9,15H,1,3,8,10-11,20H2,(H,23,25)/t15-/m0/s1. The topological polar surface area (TPSA) is 101 Å². The Morgan fingerprint density at radius 1 is 1.27 bits per heavy atom. The molecule has 2 aromatic rings. The quantitative estimate of drug-likeness (QED) is 0.827. The molecule has 2 heterocycles. The number of halogens is 1. The lowest BCUT2D eigenvalue weighted by atomic mass is 10.1. The molecule has 0 spiro atoms. The lowest BCUT2D eigenvalue weighted by molar-refractivity contribution is -0.125. The molecule has 1 atom stereocenters. The van der Waals surface area contributed by atoms with Gasteiger partial charge in [0.15, 0.2) is 0 Å². The van der Waals surface area contributed by atoms with Gasteiger partial charge in [0.1, 0.15) is 6.04 Å². The molecule has 0 aliphatic carbocycles. The number of rotatable bonds is 5. The molecule has 1 saturated heterocycles. The molecule has 8 heteroatoms. The Balaban J connectivity index is 1.67. The van der Waals surface area contributed by atoms with Gasteiger partial charge in [-0.15, -0.1) is 0 Å². The molecule has 26 heavy (non-hydrogen) atoms. The van der Waals surface area contributed by atoms with Crippen molar-refractivity contribution in [1.29, 1.82) is 0 Å². The third kappa shape index (κ3) is 4.00. The van der Waals surface area contributed by atoms with Crippen LogP contribution in [0.15, 0.2) is 36.7 Å². The van der Waals surface area contributed by atoms with Crippen LogP contribution in [-0.2, 0) is 17.9 Å². The summed E-state index contributed by atoms with van der Waals surface area (Å²) in [6.45, 7) is 1.19. The lowest BCUT2D eigenvalue weighted by Crippen LogP contribution is -2.46. The van der Waals surface area contributed by atoms with Gasteiger partial charge in [-0.25, -0.2) is 9.97 Å². The number of hydrogen-bond donors (Lipinski definition) is 2. The smallest absolute Gasteiger partial charge is 0.292 e. The summed E-state index contributed by atoms with van der Waals surface area (Å²) in [5.74, 6) is -0.421. The predicted octanol–water partition coefficient (Wildman–Crippen LogP) is 1.51. The first-order valence-electron chi connectivity index (χ1n) is 8.43. The van der Waals surface area contributed by atoms with E-state index in [0.29, 0.717) is 31.1 Å². The SMILES string of the molecule is NCc1ccc(Cl)cc1CNC(=O)[C@@H]1CCCN1C(=O)c1ncccn1. The number of carbonyl (C=O) groups excluding carboxylic acids is 2. The molecule has 0 unspecified atom stereocenters. The zero-order valence-electron chi connectivity index (χ0n) is 14.2. The molecule has 1 aromatic heterocycles. The van der Waals surface area contributed by atoms with Crippen LogP contribution >= 0.6 is 11.6 Å². The molecule has 1 fully saturated rings. The minimum atomic E-state index is -0.521. The fraction of sp³-hybridized carbons (Fsp3) is 0.333. The van der Waals surface area contributed by atoms with E-state index in [0.717, 1.165) is 17.5 Å². The summed E-state index contributed by atoms with van der Waals surface area (Å²) in [7, 11) is 0. The summed E-state index contributed by atoms with van der Waals surface area (Å²) >= 11 is 6.03. The minimum Gasteiger partial charge on any atom is -0.350 e. The van der Waals surface area contributed by atoms with Crippen molar-refractivity contribution in [2.45, 2.75) is 32.0 Å². The van der Waals surface area contributed by atoms with E-state index in [4.69, 9.17) is 17.3 Å². The Bertz CT molecular complexity index is 799. The number of nitrogens with zero attached hydrogens (tertiary/aromatic N) is 3. The molecule has 3 N–H and O–H groups in total. The van der Waals surface area contributed by atoms with Crippen LogP contribution in [0.2, 0.25) is 5.02 Å². The van der Waals surface area contributed by atoms with Crippen LogP contribution in [0.3, 0.4) is 0 Å². The summed E-state index contributed by atoms with van der Waals surface area (Å²) in [5.41, 5.74) is 7.53. The number of aromatic nitrogens is 2.